The van der Waals surface area contributed by atoms with Gasteiger partial charge < -0.3 is 5.73 Å². The van der Waals surface area contributed by atoms with Crippen LogP contribution < -0.4 is 5.73 Å². The van der Waals surface area contributed by atoms with E-state index in [4.69, 9.17) is 5.73 Å². The largest absolute Gasteiger partial charge is 0.325 e. The molecule has 1 aromatic heterocycles. The number of rotatable bonds is 3. The maximum Gasteiger partial charge on any atom is 0.0568 e. The van der Waals surface area contributed by atoms with Crippen LogP contribution in [0.25, 0.3) is 0 Å². The first-order valence-electron chi connectivity index (χ1n) is 6.16. The minimum absolute atomic E-state index is 0.538. The number of likely N-dealkylation sites (tertiary alicyclic amines) is 1. The van der Waals surface area contributed by atoms with Gasteiger partial charge in [-0.3, -0.25) is 9.88 Å². The molecule has 1 saturated heterocycles. The monoisotopic (exact) mass is 219 g/mol. The number of aryl methyl sites for hydroxylation is 1. The summed E-state index contributed by atoms with van der Waals surface area (Å²) < 4.78 is 0. The Labute approximate surface area is 97.7 Å². The summed E-state index contributed by atoms with van der Waals surface area (Å²) in [7, 11) is 0. The van der Waals surface area contributed by atoms with Gasteiger partial charge in [0.1, 0.15) is 0 Å². The summed E-state index contributed by atoms with van der Waals surface area (Å²) in [6.45, 7) is 6.14. The number of aromatic nitrogens is 1. The highest BCUT2D eigenvalue weighted by molar-refractivity contribution is 5.23. The number of nitrogens with zero attached hydrogens (tertiary/aromatic N) is 2. The van der Waals surface area contributed by atoms with E-state index in [-0.39, 0.29) is 0 Å². The highest BCUT2D eigenvalue weighted by Crippen LogP contribution is 2.14. The highest BCUT2D eigenvalue weighted by atomic mass is 15.1. The van der Waals surface area contributed by atoms with Gasteiger partial charge in [-0.05, 0) is 44.0 Å². The number of pyridine rings is 1. The zero-order chi connectivity index (χ0) is 11.4. The van der Waals surface area contributed by atoms with E-state index in [0.29, 0.717) is 6.54 Å². The third-order valence-corrected chi connectivity index (χ3v) is 3.29. The molecule has 0 radical (unpaired) electrons. The van der Waals surface area contributed by atoms with Gasteiger partial charge in [-0.25, -0.2) is 0 Å². The first-order chi connectivity index (χ1) is 7.79. The fourth-order valence-corrected chi connectivity index (χ4v) is 2.34. The van der Waals surface area contributed by atoms with Gasteiger partial charge in [-0.2, -0.15) is 0 Å². The second-order valence-electron chi connectivity index (χ2n) is 4.65. The molecule has 1 aliphatic heterocycles. The van der Waals surface area contributed by atoms with Gasteiger partial charge in [0.15, 0.2) is 0 Å². The molecule has 0 amide bonds. The molecular formula is C13H21N3. The SMILES string of the molecule is Cc1cc(CN2CCCCC2)cnc1CN. The Morgan fingerprint density at radius 1 is 1.31 bits per heavy atom. The normalized spacial score (nSPS) is 17.6. The quantitative estimate of drug-likeness (QED) is 0.843. The fraction of sp³-hybridized carbons (Fsp3) is 0.615. The van der Waals surface area contributed by atoms with Crippen LogP contribution in [0.2, 0.25) is 0 Å². The number of piperidine rings is 1. The predicted octanol–water partition coefficient (Wildman–Crippen LogP) is 1.83. The van der Waals surface area contributed by atoms with Crippen molar-refractivity contribution >= 4 is 0 Å². The Balaban J connectivity index is 2.01. The summed E-state index contributed by atoms with van der Waals surface area (Å²) in [5.41, 5.74) is 9.16. The summed E-state index contributed by atoms with van der Waals surface area (Å²) in [5.74, 6) is 0. The third kappa shape index (κ3) is 2.80. The zero-order valence-corrected chi connectivity index (χ0v) is 10.1. The van der Waals surface area contributed by atoms with Crippen LogP contribution in [-0.4, -0.2) is 23.0 Å². The predicted molar refractivity (Wildman–Crippen MR) is 66.0 cm³/mol. The molecule has 0 aliphatic carbocycles. The second-order valence-corrected chi connectivity index (χ2v) is 4.65. The van der Waals surface area contributed by atoms with Gasteiger partial charge in [-0.15, -0.1) is 0 Å². The third-order valence-electron chi connectivity index (χ3n) is 3.29. The van der Waals surface area contributed by atoms with Gasteiger partial charge in [0.25, 0.3) is 0 Å². The number of hydrogen-bond acceptors (Lipinski definition) is 3. The Bertz CT molecular complexity index is 343. The molecule has 0 bridgehead atoms. The molecule has 0 spiro atoms. The molecule has 3 nitrogen and oxygen atoms in total. The lowest BCUT2D eigenvalue weighted by atomic mass is 10.1. The second kappa shape index (κ2) is 5.41. The summed E-state index contributed by atoms with van der Waals surface area (Å²) in [4.78, 5) is 6.93. The standard InChI is InChI=1S/C13H21N3/c1-11-7-12(9-15-13(11)8-14)10-16-5-3-2-4-6-16/h7,9H,2-6,8,10,14H2,1H3. The molecule has 2 N–H and O–H groups in total. The van der Waals surface area contributed by atoms with Gasteiger partial charge >= 0.3 is 0 Å². The Morgan fingerprint density at radius 2 is 2.06 bits per heavy atom. The Kier molecular flexibility index (Phi) is 3.91. The minimum atomic E-state index is 0.538. The number of hydrogen-bond donors (Lipinski definition) is 1. The van der Waals surface area contributed by atoms with E-state index in [1.165, 1.54) is 43.5 Å². The van der Waals surface area contributed by atoms with Crippen molar-refractivity contribution < 1.29 is 0 Å². The first-order valence-corrected chi connectivity index (χ1v) is 6.16. The van der Waals surface area contributed by atoms with Crippen LogP contribution in [0.3, 0.4) is 0 Å². The van der Waals surface area contributed by atoms with Crippen molar-refractivity contribution in [3.8, 4) is 0 Å². The average Bonchev–Trinajstić information content (AvgIpc) is 2.31. The highest BCUT2D eigenvalue weighted by Gasteiger charge is 2.10. The van der Waals surface area contributed by atoms with Crippen LogP contribution >= 0.6 is 0 Å². The van der Waals surface area contributed by atoms with Crippen molar-refractivity contribution in [1.29, 1.82) is 0 Å². The molecule has 1 aromatic rings. The van der Waals surface area contributed by atoms with Crippen molar-refractivity contribution in [2.24, 2.45) is 5.73 Å². The van der Waals surface area contributed by atoms with E-state index in [1.54, 1.807) is 0 Å². The van der Waals surface area contributed by atoms with Gasteiger partial charge in [0.05, 0.1) is 5.69 Å². The van der Waals surface area contributed by atoms with Crippen LogP contribution in [0.1, 0.15) is 36.1 Å². The maximum absolute atomic E-state index is 5.61. The van der Waals surface area contributed by atoms with E-state index < -0.39 is 0 Å². The van der Waals surface area contributed by atoms with Crippen molar-refractivity contribution in [3.63, 3.8) is 0 Å². The summed E-state index contributed by atoms with van der Waals surface area (Å²) in [6, 6.07) is 2.23. The lowest BCUT2D eigenvalue weighted by molar-refractivity contribution is 0.220. The number of nitrogens with two attached hydrogens (primary N) is 1. The molecule has 0 atom stereocenters. The van der Waals surface area contributed by atoms with Crippen LogP contribution in [0.4, 0.5) is 0 Å². The van der Waals surface area contributed by atoms with E-state index in [0.717, 1.165) is 12.2 Å². The molecule has 1 fully saturated rings. The maximum atomic E-state index is 5.61. The summed E-state index contributed by atoms with van der Waals surface area (Å²) in [6.07, 6.45) is 6.05. The van der Waals surface area contributed by atoms with Gasteiger partial charge in [0.2, 0.25) is 0 Å². The topological polar surface area (TPSA) is 42.2 Å². The molecule has 2 heterocycles. The van der Waals surface area contributed by atoms with E-state index in [9.17, 15) is 0 Å². The smallest absolute Gasteiger partial charge is 0.0568 e. The molecule has 88 valence electrons. The molecule has 0 aromatic carbocycles. The molecular weight excluding hydrogens is 198 g/mol. The van der Waals surface area contributed by atoms with Crippen LogP contribution in [0, 0.1) is 6.92 Å². The van der Waals surface area contributed by atoms with Crippen LogP contribution in [0.15, 0.2) is 12.3 Å². The molecule has 3 heteroatoms. The van der Waals surface area contributed by atoms with E-state index >= 15 is 0 Å². The van der Waals surface area contributed by atoms with E-state index in [2.05, 4.69) is 22.9 Å². The lowest BCUT2D eigenvalue weighted by Crippen LogP contribution is -2.29. The molecule has 0 saturated carbocycles. The molecule has 0 unspecified atom stereocenters. The van der Waals surface area contributed by atoms with Crippen molar-refractivity contribution in [1.82, 2.24) is 9.88 Å². The van der Waals surface area contributed by atoms with Crippen LogP contribution in [-0.2, 0) is 13.1 Å². The molecule has 2 rings (SSSR count). The van der Waals surface area contributed by atoms with E-state index in [1.807, 2.05) is 6.20 Å². The Morgan fingerprint density at radius 3 is 2.69 bits per heavy atom. The van der Waals surface area contributed by atoms with Gasteiger partial charge in [0, 0.05) is 19.3 Å². The molecule has 16 heavy (non-hydrogen) atoms. The summed E-state index contributed by atoms with van der Waals surface area (Å²) in [5, 5.41) is 0. The Hall–Kier alpha value is -0.930. The summed E-state index contributed by atoms with van der Waals surface area (Å²) >= 11 is 0. The van der Waals surface area contributed by atoms with Gasteiger partial charge in [-0.1, -0.05) is 12.5 Å². The average molecular weight is 219 g/mol. The first kappa shape index (κ1) is 11.6. The minimum Gasteiger partial charge on any atom is -0.325 e. The molecule has 1 aliphatic rings. The lowest BCUT2D eigenvalue weighted by Gasteiger charge is -2.26. The zero-order valence-electron chi connectivity index (χ0n) is 10.1. The van der Waals surface area contributed by atoms with Crippen LogP contribution in [0.5, 0.6) is 0 Å². The van der Waals surface area contributed by atoms with Crippen molar-refractivity contribution in [2.75, 3.05) is 13.1 Å². The van der Waals surface area contributed by atoms with Crippen molar-refractivity contribution in [2.45, 2.75) is 39.3 Å². The van der Waals surface area contributed by atoms with Crippen molar-refractivity contribution in [3.05, 3.63) is 29.1 Å². The fourth-order valence-electron chi connectivity index (χ4n) is 2.34.